The van der Waals surface area contributed by atoms with Gasteiger partial charge in [0.25, 0.3) is 0 Å². The maximum atomic E-state index is 6.51. The zero-order valence-electron chi connectivity index (χ0n) is 26.3. The Morgan fingerprint density at radius 2 is 0.956 bits per heavy atom. The summed E-state index contributed by atoms with van der Waals surface area (Å²) in [5.41, 5.74) is 13.3. The first-order chi connectivity index (χ1) is 22.0. The lowest BCUT2D eigenvalue weighted by Crippen LogP contribution is -1.97. The number of benzene rings is 5. The van der Waals surface area contributed by atoms with Crippen LogP contribution in [0.2, 0.25) is 0 Å². The highest BCUT2D eigenvalue weighted by Crippen LogP contribution is 2.37. The molecule has 2 unspecified atom stereocenters. The number of hydrogen-bond acceptors (Lipinski definition) is 4. The molecule has 0 bridgehead atoms. The van der Waals surface area contributed by atoms with Gasteiger partial charge in [-0.15, -0.1) is 0 Å². The molecule has 0 spiro atoms. The summed E-state index contributed by atoms with van der Waals surface area (Å²) in [6.45, 7) is 8.97. The topological polar surface area (TPSA) is 51.8 Å². The normalized spacial score (nSPS) is 12.9. The van der Waals surface area contributed by atoms with Gasteiger partial charge in [0.1, 0.15) is 5.52 Å². The van der Waals surface area contributed by atoms with Crippen molar-refractivity contribution >= 4 is 22.1 Å². The third-order valence-corrected chi connectivity index (χ3v) is 9.13. The van der Waals surface area contributed by atoms with Crippen LogP contribution in [-0.2, 0) is 0 Å². The summed E-state index contributed by atoms with van der Waals surface area (Å²) in [5, 5.41) is 0. The minimum absolute atomic E-state index is 0.411. The quantitative estimate of drug-likeness (QED) is 0.177. The van der Waals surface area contributed by atoms with E-state index in [0.29, 0.717) is 17.7 Å². The monoisotopic (exact) mass is 587 g/mol. The summed E-state index contributed by atoms with van der Waals surface area (Å²) < 4.78 is 6.51. The van der Waals surface area contributed by atoms with Gasteiger partial charge in [0.15, 0.2) is 5.58 Å². The molecule has 0 saturated heterocycles. The van der Waals surface area contributed by atoms with Crippen LogP contribution >= 0.6 is 0 Å². The fourth-order valence-electron chi connectivity index (χ4n) is 6.02. The number of para-hydroxylation sites is 2. The third-order valence-electron chi connectivity index (χ3n) is 9.13. The summed E-state index contributed by atoms with van der Waals surface area (Å²) in [5.74, 6) is 1.51. The minimum Gasteiger partial charge on any atom is -0.436 e. The van der Waals surface area contributed by atoms with Crippen molar-refractivity contribution < 1.29 is 4.42 Å². The van der Waals surface area contributed by atoms with E-state index in [1.54, 1.807) is 0 Å². The zero-order chi connectivity index (χ0) is 30.9. The first-order valence-corrected chi connectivity index (χ1v) is 16.0. The van der Waals surface area contributed by atoms with Crippen molar-refractivity contribution in [2.45, 2.75) is 52.4 Å². The van der Waals surface area contributed by atoms with E-state index in [1.807, 2.05) is 42.5 Å². The van der Waals surface area contributed by atoms with E-state index in [1.165, 1.54) is 11.1 Å². The number of fused-ring (bicyclic) bond motifs is 2. The van der Waals surface area contributed by atoms with Crippen molar-refractivity contribution in [3.63, 3.8) is 0 Å². The van der Waals surface area contributed by atoms with E-state index in [0.717, 1.165) is 74.2 Å². The molecule has 2 atom stereocenters. The molecule has 0 fully saturated rings. The lowest BCUT2D eigenvalue weighted by Gasteiger charge is -2.13. The Bertz CT molecular complexity index is 2050. The van der Waals surface area contributed by atoms with Crippen LogP contribution < -0.4 is 0 Å². The van der Waals surface area contributed by atoms with Gasteiger partial charge < -0.3 is 4.42 Å². The van der Waals surface area contributed by atoms with Gasteiger partial charge in [-0.3, -0.25) is 0 Å². The zero-order valence-corrected chi connectivity index (χ0v) is 26.3. The van der Waals surface area contributed by atoms with E-state index in [4.69, 9.17) is 19.4 Å². The van der Waals surface area contributed by atoms with Crippen molar-refractivity contribution in [3.8, 4) is 45.1 Å². The smallest absolute Gasteiger partial charge is 0.227 e. The Morgan fingerprint density at radius 3 is 1.53 bits per heavy atom. The van der Waals surface area contributed by atoms with Gasteiger partial charge >= 0.3 is 0 Å². The molecule has 45 heavy (non-hydrogen) atoms. The number of hydrogen-bond donors (Lipinski definition) is 0. The third kappa shape index (κ3) is 5.42. The molecule has 0 saturated carbocycles. The average molecular weight is 588 g/mol. The van der Waals surface area contributed by atoms with Crippen LogP contribution in [0.1, 0.15) is 63.5 Å². The number of aromatic nitrogens is 3. The fourth-order valence-corrected chi connectivity index (χ4v) is 6.02. The Hall–Kier alpha value is -5.09. The summed E-state index contributed by atoms with van der Waals surface area (Å²) in [4.78, 5) is 15.1. The van der Waals surface area contributed by atoms with Crippen LogP contribution in [0.5, 0.6) is 0 Å². The molecule has 2 heterocycles. The standard InChI is InChI=1S/C41H37N3O/c1-5-26(3)33-24-25-34(27(4)6-2)40-39(33)44-41(45-40)32-22-18-29(19-23-32)28-16-20-31(21-17-28)38-37(30-12-8-7-9-13-30)42-35-14-10-11-15-36(35)43-38/h7-27H,5-6H2,1-4H3. The predicted octanol–water partition coefficient (Wildman–Crippen LogP) is 11.5. The van der Waals surface area contributed by atoms with Crippen LogP contribution in [0.4, 0.5) is 0 Å². The molecule has 4 heteroatoms. The van der Waals surface area contributed by atoms with Crippen LogP contribution in [0.15, 0.2) is 120 Å². The summed E-state index contributed by atoms with van der Waals surface area (Å²) in [6.07, 6.45) is 2.12. The van der Waals surface area contributed by atoms with E-state index in [9.17, 15) is 0 Å². The van der Waals surface area contributed by atoms with E-state index in [-0.39, 0.29) is 0 Å². The SMILES string of the molecule is CCC(C)c1ccc(C(C)CC)c2oc(-c3ccc(-c4ccc(-c5nc6ccccc6nc5-c5ccccc5)cc4)cc3)nc12. The molecule has 2 aromatic heterocycles. The van der Waals surface area contributed by atoms with E-state index >= 15 is 0 Å². The Morgan fingerprint density at radius 1 is 0.489 bits per heavy atom. The van der Waals surface area contributed by atoms with Crippen molar-refractivity contribution in [1.29, 1.82) is 0 Å². The summed E-state index contributed by atoms with van der Waals surface area (Å²) in [7, 11) is 0. The van der Waals surface area contributed by atoms with Crippen LogP contribution in [-0.4, -0.2) is 15.0 Å². The first-order valence-electron chi connectivity index (χ1n) is 16.0. The molecule has 7 rings (SSSR count). The van der Waals surface area contributed by atoms with Gasteiger partial charge in [-0.25, -0.2) is 15.0 Å². The molecule has 4 nitrogen and oxygen atoms in total. The number of nitrogens with zero attached hydrogens (tertiary/aromatic N) is 3. The molecular weight excluding hydrogens is 550 g/mol. The molecule has 0 aliphatic rings. The molecule has 0 aliphatic carbocycles. The fraction of sp³-hybridized carbons (Fsp3) is 0.195. The first kappa shape index (κ1) is 28.7. The highest BCUT2D eigenvalue weighted by molar-refractivity contribution is 5.87. The van der Waals surface area contributed by atoms with Crippen molar-refractivity contribution in [2.75, 3.05) is 0 Å². The molecule has 0 N–H and O–H groups in total. The molecule has 0 radical (unpaired) electrons. The van der Waals surface area contributed by atoms with Gasteiger partial charge in [0, 0.05) is 16.7 Å². The maximum absolute atomic E-state index is 6.51. The van der Waals surface area contributed by atoms with Gasteiger partial charge in [0.05, 0.1) is 22.4 Å². The summed E-state index contributed by atoms with van der Waals surface area (Å²) >= 11 is 0. The van der Waals surface area contributed by atoms with Gasteiger partial charge in [-0.2, -0.15) is 0 Å². The molecular formula is C41H37N3O. The lowest BCUT2D eigenvalue weighted by atomic mass is 9.91. The Kier molecular flexibility index (Phi) is 7.72. The summed E-state index contributed by atoms with van der Waals surface area (Å²) in [6, 6.07) is 39.9. The largest absolute Gasteiger partial charge is 0.436 e. The second kappa shape index (κ2) is 12.1. The van der Waals surface area contributed by atoms with E-state index < -0.39 is 0 Å². The molecule has 222 valence electrons. The van der Waals surface area contributed by atoms with E-state index in [2.05, 4.69) is 100 Å². The predicted molar refractivity (Wildman–Crippen MR) is 186 cm³/mol. The minimum atomic E-state index is 0.411. The highest BCUT2D eigenvalue weighted by Gasteiger charge is 2.20. The van der Waals surface area contributed by atoms with Gasteiger partial charge in [-0.05, 0) is 71.2 Å². The molecule has 0 aliphatic heterocycles. The van der Waals surface area contributed by atoms with Crippen LogP contribution in [0.25, 0.3) is 67.2 Å². The second-order valence-electron chi connectivity index (χ2n) is 12.0. The highest BCUT2D eigenvalue weighted by atomic mass is 16.3. The van der Waals surface area contributed by atoms with Crippen LogP contribution in [0, 0.1) is 0 Å². The number of rotatable bonds is 8. The van der Waals surface area contributed by atoms with Gasteiger partial charge in [-0.1, -0.05) is 119 Å². The van der Waals surface area contributed by atoms with Gasteiger partial charge in [0.2, 0.25) is 5.89 Å². The van der Waals surface area contributed by atoms with Crippen molar-refractivity contribution in [2.24, 2.45) is 0 Å². The number of oxazole rings is 1. The van der Waals surface area contributed by atoms with Crippen LogP contribution in [0.3, 0.4) is 0 Å². The second-order valence-corrected chi connectivity index (χ2v) is 12.0. The maximum Gasteiger partial charge on any atom is 0.227 e. The average Bonchev–Trinajstić information content (AvgIpc) is 3.56. The molecule has 0 amide bonds. The Labute approximate surface area is 264 Å². The lowest BCUT2D eigenvalue weighted by molar-refractivity contribution is 0.605. The van der Waals surface area contributed by atoms with Crippen molar-refractivity contribution in [1.82, 2.24) is 15.0 Å². The van der Waals surface area contributed by atoms with Crippen molar-refractivity contribution in [3.05, 3.63) is 126 Å². The molecule has 7 aromatic rings. The Balaban J connectivity index is 1.22. The molecule has 5 aromatic carbocycles.